The number of carbonyl (C=O) groups excluding carboxylic acids is 1. The van der Waals surface area contributed by atoms with Gasteiger partial charge in [-0.15, -0.1) is 5.10 Å². The Bertz CT molecular complexity index is 600. The van der Waals surface area contributed by atoms with Gasteiger partial charge in [0.15, 0.2) is 5.82 Å². The van der Waals surface area contributed by atoms with Crippen LogP contribution in [0, 0.1) is 5.82 Å². The van der Waals surface area contributed by atoms with Crippen molar-refractivity contribution in [3.8, 4) is 0 Å². The molecule has 7 heteroatoms. The van der Waals surface area contributed by atoms with Crippen molar-refractivity contribution in [3.63, 3.8) is 0 Å². The van der Waals surface area contributed by atoms with E-state index in [2.05, 4.69) is 15.6 Å². The van der Waals surface area contributed by atoms with Gasteiger partial charge in [-0.3, -0.25) is 4.79 Å². The number of nitrogens with one attached hydrogen (secondary N) is 1. The van der Waals surface area contributed by atoms with Crippen molar-refractivity contribution < 1.29 is 9.18 Å². The van der Waals surface area contributed by atoms with Crippen LogP contribution < -0.4 is 17.0 Å². The zero-order valence-electron chi connectivity index (χ0n) is 9.93. The van der Waals surface area contributed by atoms with Gasteiger partial charge in [-0.25, -0.2) is 10.2 Å². The lowest BCUT2D eigenvalue weighted by molar-refractivity contribution is 0.0996. The van der Waals surface area contributed by atoms with Gasteiger partial charge in [0.25, 0.3) is 5.91 Å². The summed E-state index contributed by atoms with van der Waals surface area (Å²) in [6.07, 6.45) is 0.397. The molecule has 1 amide bonds. The highest BCUT2D eigenvalue weighted by molar-refractivity contribution is 5.93. The summed E-state index contributed by atoms with van der Waals surface area (Å²) in [4.78, 5) is 10.9. The quantitative estimate of drug-likeness (QED) is 0.551. The molecule has 2 aromatic rings. The minimum atomic E-state index is -0.790. The van der Waals surface area contributed by atoms with E-state index < -0.39 is 11.7 Å². The largest absolute Gasteiger partial charge is 0.366 e. The number of nitrogens with two attached hydrogens (primary N) is 2. The predicted molar refractivity (Wildman–Crippen MR) is 67.6 cm³/mol. The minimum Gasteiger partial charge on any atom is -0.366 e. The number of hydrogen-bond acceptors (Lipinski definition) is 5. The number of nitrogen functional groups attached to an aromatic ring is 1. The number of primary amides is 1. The summed E-state index contributed by atoms with van der Waals surface area (Å²) in [5, 5.41) is 7.73. The van der Waals surface area contributed by atoms with Crippen molar-refractivity contribution in [2.45, 2.75) is 6.42 Å². The van der Waals surface area contributed by atoms with Crippen molar-refractivity contribution in [1.82, 2.24) is 10.2 Å². The van der Waals surface area contributed by atoms with Gasteiger partial charge in [0.2, 0.25) is 0 Å². The second kappa shape index (κ2) is 5.40. The van der Waals surface area contributed by atoms with Crippen LogP contribution in [-0.4, -0.2) is 16.1 Å². The molecular weight excluding hydrogens is 249 g/mol. The number of hydrogen-bond donors (Lipinski definition) is 3. The predicted octanol–water partition coefficient (Wildman–Crippen LogP) is 0.591. The lowest BCUT2D eigenvalue weighted by Gasteiger charge is -2.04. The molecule has 2 rings (SSSR count). The standard InChI is InChI=1S/C12H12FN5O/c13-10-6-7(1-3-9(10)12(14)19)5-8-2-4-11(16-15)18-17-8/h1-4,6H,5,15H2,(H2,14,19)(H,16,18). The Hall–Kier alpha value is -2.54. The maximum absolute atomic E-state index is 13.6. The molecule has 5 N–H and O–H groups in total. The van der Waals surface area contributed by atoms with E-state index in [-0.39, 0.29) is 5.56 Å². The van der Waals surface area contributed by atoms with E-state index in [1.807, 2.05) is 0 Å². The summed E-state index contributed by atoms with van der Waals surface area (Å²) in [5.74, 6) is 4.18. The molecule has 98 valence electrons. The third-order valence-corrected chi connectivity index (χ3v) is 2.55. The molecular formula is C12H12FN5O. The molecule has 1 aromatic heterocycles. The molecule has 0 saturated carbocycles. The van der Waals surface area contributed by atoms with Gasteiger partial charge in [0.05, 0.1) is 11.3 Å². The van der Waals surface area contributed by atoms with Crippen molar-refractivity contribution >= 4 is 11.7 Å². The first-order chi connectivity index (χ1) is 9.10. The van der Waals surface area contributed by atoms with Crippen molar-refractivity contribution in [1.29, 1.82) is 0 Å². The summed E-state index contributed by atoms with van der Waals surface area (Å²) in [6.45, 7) is 0. The van der Waals surface area contributed by atoms with Gasteiger partial charge >= 0.3 is 0 Å². The van der Waals surface area contributed by atoms with Crippen LogP contribution in [0.5, 0.6) is 0 Å². The Balaban J connectivity index is 2.18. The average Bonchev–Trinajstić information content (AvgIpc) is 2.39. The average molecular weight is 261 g/mol. The van der Waals surface area contributed by atoms with Crippen LogP contribution in [0.15, 0.2) is 30.3 Å². The number of nitrogens with zero attached hydrogens (tertiary/aromatic N) is 2. The monoisotopic (exact) mass is 261 g/mol. The highest BCUT2D eigenvalue weighted by atomic mass is 19.1. The van der Waals surface area contributed by atoms with E-state index in [9.17, 15) is 9.18 Å². The van der Waals surface area contributed by atoms with Crippen molar-refractivity contribution in [2.24, 2.45) is 11.6 Å². The number of halogens is 1. The molecule has 19 heavy (non-hydrogen) atoms. The van der Waals surface area contributed by atoms with E-state index in [4.69, 9.17) is 11.6 Å². The highest BCUT2D eigenvalue weighted by Gasteiger charge is 2.09. The number of carbonyl (C=O) groups is 1. The fourth-order valence-electron chi connectivity index (χ4n) is 1.61. The fraction of sp³-hybridized carbons (Fsp3) is 0.0833. The number of anilines is 1. The first-order valence-electron chi connectivity index (χ1n) is 5.47. The minimum absolute atomic E-state index is 0.127. The summed E-state index contributed by atoms with van der Waals surface area (Å²) < 4.78 is 13.6. The number of hydrazine groups is 1. The molecule has 0 atom stereocenters. The summed E-state index contributed by atoms with van der Waals surface area (Å²) >= 11 is 0. The van der Waals surface area contributed by atoms with Gasteiger partial charge < -0.3 is 11.2 Å². The first kappa shape index (κ1) is 12.9. The maximum Gasteiger partial charge on any atom is 0.251 e. The van der Waals surface area contributed by atoms with Crippen LogP contribution >= 0.6 is 0 Å². The molecule has 0 spiro atoms. The molecule has 0 fully saturated rings. The SMILES string of the molecule is NNc1ccc(Cc2ccc(C(N)=O)c(F)c2)nn1. The van der Waals surface area contributed by atoms with Gasteiger partial charge in [0, 0.05) is 6.42 Å². The van der Waals surface area contributed by atoms with Crippen LogP contribution in [-0.2, 0) is 6.42 Å². The lowest BCUT2D eigenvalue weighted by atomic mass is 10.1. The third-order valence-electron chi connectivity index (χ3n) is 2.55. The molecule has 0 bridgehead atoms. The Morgan fingerprint density at radius 1 is 1.26 bits per heavy atom. The smallest absolute Gasteiger partial charge is 0.251 e. The molecule has 0 aliphatic carbocycles. The van der Waals surface area contributed by atoms with Crippen molar-refractivity contribution in [3.05, 3.63) is 53.0 Å². The van der Waals surface area contributed by atoms with Gasteiger partial charge in [-0.1, -0.05) is 6.07 Å². The number of rotatable bonds is 4. The zero-order valence-corrected chi connectivity index (χ0v) is 9.93. The molecule has 6 nitrogen and oxygen atoms in total. The molecule has 1 heterocycles. The summed E-state index contributed by atoms with van der Waals surface area (Å²) in [7, 11) is 0. The number of benzene rings is 1. The molecule has 1 aromatic carbocycles. The Labute approximate surface area is 108 Å². The van der Waals surface area contributed by atoms with Crippen LogP contribution in [0.1, 0.15) is 21.6 Å². The number of aromatic nitrogens is 2. The molecule has 0 aliphatic rings. The Morgan fingerprint density at radius 2 is 2.05 bits per heavy atom. The van der Waals surface area contributed by atoms with Gasteiger partial charge in [-0.2, -0.15) is 5.10 Å². The molecule has 0 saturated heterocycles. The van der Waals surface area contributed by atoms with E-state index >= 15 is 0 Å². The van der Waals surface area contributed by atoms with E-state index in [0.717, 1.165) is 0 Å². The van der Waals surface area contributed by atoms with Crippen LogP contribution in [0.4, 0.5) is 10.2 Å². The zero-order chi connectivity index (χ0) is 13.8. The van der Waals surface area contributed by atoms with Gasteiger partial charge in [0.1, 0.15) is 5.82 Å². The first-order valence-corrected chi connectivity index (χ1v) is 5.47. The Morgan fingerprint density at radius 3 is 2.58 bits per heavy atom. The topological polar surface area (TPSA) is 107 Å². The fourth-order valence-corrected chi connectivity index (χ4v) is 1.61. The third kappa shape index (κ3) is 3.02. The summed E-state index contributed by atoms with van der Waals surface area (Å²) in [5.41, 5.74) is 8.59. The highest BCUT2D eigenvalue weighted by Crippen LogP contribution is 2.13. The second-order valence-corrected chi connectivity index (χ2v) is 3.91. The maximum atomic E-state index is 13.6. The van der Waals surface area contributed by atoms with Crippen molar-refractivity contribution in [2.75, 3.05) is 5.43 Å². The van der Waals surface area contributed by atoms with E-state index in [1.54, 1.807) is 18.2 Å². The summed E-state index contributed by atoms with van der Waals surface area (Å²) in [6, 6.07) is 7.63. The van der Waals surface area contributed by atoms with Gasteiger partial charge in [-0.05, 0) is 29.8 Å². The van der Waals surface area contributed by atoms with E-state index in [0.29, 0.717) is 23.5 Å². The lowest BCUT2D eigenvalue weighted by Crippen LogP contribution is -2.13. The molecule has 0 unspecified atom stereocenters. The molecule has 0 radical (unpaired) electrons. The molecule has 0 aliphatic heterocycles. The Kier molecular flexibility index (Phi) is 3.67. The van der Waals surface area contributed by atoms with Crippen LogP contribution in [0.2, 0.25) is 0 Å². The van der Waals surface area contributed by atoms with Crippen LogP contribution in [0.25, 0.3) is 0 Å². The normalized spacial score (nSPS) is 10.2. The van der Waals surface area contributed by atoms with E-state index in [1.165, 1.54) is 12.1 Å². The second-order valence-electron chi connectivity index (χ2n) is 3.91. The number of amides is 1. The van der Waals surface area contributed by atoms with Crippen LogP contribution in [0.3, 0.4) is 0 Å².